The number of para-hydroxylation sites is 1. The molecule has 8 heteroatoms. The second kappa shape index (κ2) is 11.4. The highest BCUT2D eigenvalue weighted by Gasteiger charge is 2.25. The summed E-state index contributed by atoms with van der Waals surface area (Å²) in [5.41, 5.74) is 1.80. The van der Waals surface area contributed by atoms with Crippen LogP contribution in [-0.4, -0.2) is 38.5 Å². The lowest BCUT2D eigenvalue weighted by Crippen LogP contribution is -2.46. The summed E-state index contributed by atoms with van der Waals surface area (Å²) in [5, 5.41) is 2.85. The monoisotopic (exact) mass is 450 g/mol. The Hall–Kier alpha value is -2.03. The Morgan fingerprint density at radius 1 is 1.10 bits per heavy atom. The molecular weight excluding hydrogens is 420 g/mol. The number of sulfonamides is 1. The van der Waals surface area contributed by atoms with Crippen LogP contribution in [0.2, 0.25) is 0 Å². The highest BCUT2D eigenvalue weighted by atomic mass is 32.2. The van der Waals surface area contributed by atoms with Crippen molar-refractivity contribution in [2.24, 2.45) is 0 Å². The van der Waals surface area contributed by atoms with Gasteiger partial charge in [0.1, 0.15) is 11.8 Å². The van der Waals surface area contributed by atoms with Crippen LogP contribution in [0, 0.1) is 6.92 Å². The molecular formula is C22H30N2O4S2. The van der Waals surface area contributed by atoms with Crippen molar-refractivity contribution >= 4 is 27.7 Å². The van der Waals surface area contributed by atoms with Gasteiger partial charge < -0.3 is 10.1 Å². The predicted molar refractivity (Wildman–Crippen MR) is 122 cm³/mol. The lowest BCUT2D eigenvalue weighted by atomic mass is 10.1. The van der Waals surface area contributed by atoms with Crippen molar-refractivity contribution in [3.63, 3.8) is 0 Å². The number of rotatable bonds is 11. The molecule has 0 bridgehead atoms. The molecule has 0 spiro atoms. The average molecular weight is 451 g/mol. The second-order valence-corrected chi connectivity index (χ2v) is 9.96. The summed E-state index contributed by atoms with van der Waals surface area (Å²) in [5.74, 6) is 0.995. The molecule has 0 heterocycles. The summed E-state index contributed by atoms with van der Waals surface area (Å²) < 4.78 is 33.9. The van der Waals surface area contributed by atoms with E-state index in [1.807, 2.05) is 51.3 Å². The lowest BCUT2D eigenvalue weighted by molar-refractivity contribution is -0.122. The minimum absolute atomic E-state index is 0.0116. The van der Waals surface area contributed by atoms with Gasteiger partial charge in [-0.15, -0.1) is 0 Å². The van der Waals surface area contributed by atoms with Crippen LogP contribution in [0.25, 0.3) is 0 Å². The van der Waals surface area contributed by atoms with Crippen LogP contribution < -0.4 is 14.8 Å². The first-order chi connectivity index (χ1) is 14.2. The fraction of sp³-hybridized carbons (Fsp3) is 0.409. The molecule has 0 aliphatic rings. The van der Waals surface area contributed by atoms with Gasteiger partial charge in [-0.05, 0) is 57.4 Å². The van der Waals surface area contributed by atoms with Crippen molar-refractivity contribution in [2.45, 2.75) is 50.8 Å². The molecule has 6 nitrogen and oxygen atoms in total. The quantitative estimate of drug-likeness (QED) is 0.547. The summed E-state index contributed by atoms with van der Waals surface area (Å²) in [6.45, 7) is 6.02. The predicted octanol–water partition coefficient (Wildman–Crippen LogP) is 3.50. The number of carbonyl (C=O) groups excluding carboxylic acids is 1. The van der Waals surface area contributed by atoms with Gasteiger partial charge in [0.25, 0.3) is 0 Å². The Bertz CT molecular complexity index is 928. The summed E-state index contributed by atoms with van der Waals surface area (Å²) in [4.78, 5) is 13.0. The molecule has 0 aliphatic carbocycles. The Morgan fingerprint density at radius 3 is 2.40 bits per heavy atom. The molecule has 2 aromatic rings. The Balaban J connectivity index is 2.11. The smallest absolute Gasteiger partial charge is 0.241 e. The average Bonchev–Trinajstić information content (AvgIpc) is 2.70. The maximum atomic E-state index is 12.8. The molecule has 2 rings (SSSR count). The van der Waals surface area contributed by atoms with E-state index in [-0.39, 0.29) is 23.5 Å². The van der Waals surface area contributed by atoms with Gasteiger partial charge in [0.15, 0.2) is 0 Å². The number of benzene rings is 2. The number of hydrogen-bond acceptors (Lipinski definition) is 5. The molecule has 164 valence electrons. The van der Waals surface area contributed by atoms with Crippen molar-refractivity contribution < 1.29 is 17.9 Å². The molecule has 0 aliphatic heterocycles. The van der Waals surface area contributed by atoms with E-state index in [2.05, 4.69) is 10.0 Å². The summed E-state index contributed by atoms with van der Waals surface area (Å²) >= 11 is 1.56. The Labute approximate surface area is 183 Å². The molecule has 0 saturated carbocycles. The number of nitrogens with one attached hydrogen (secondary N) is 2. The fourth-order valence-electron chi connectivity index (χ4n) is 2.78. The van der Waals surface area contributed by atoms with Crippen LogP contribution in [0.3, 0.4) is 0 Å². The highest BCUT2D eigenvalue weighted by molar-refractivity contribution is 7.98. The topological polar surface area (TPSA) is 84.5 Å². The minimum Gasteiger partial charge on any atom is -0.491 e. The third kappa shape index (κ3) is 7.34. The molecule has 1 unspecified atom stereocenters. The van der Waals surface area contributed by atoms with Gasteiger partial charge in [-0.1, -0.05) is 35.9 Å². The third-order valence-electron chi connectivity index (χ3n) is 4.34. The zero-order chi connectivity index (χ0) is 22.1. The van der Waals surface area contributed by atoms with Crippen molar-refractivity contribution in [1.29, 1.82) is 0 Å². The molecule has 1 atom stereocenters. The largest absolute Gasteiger partial charge is 0.491 e. The van der Waals surface area contributed by atoms with Gasteiger partial charge in [-0.25, -0.2) is 8.42 Å². The molecule has 0 saturated heterocycles. The maximum Gasteiger partial charge on any atom is 0.241 e. The summed E-state index contributed by atoms with van der Waals surface area (Å²) in [7, 11) is -3.80. The van der Waals surface area contributed by atoms with Crippen LogP contribution in [0.5, 0.6) is 5.75 Å². The van der Waals surface area contributed by atoms with Crippen molar-refractivity contribution in [2.75, 3.05) is 12.0 Å². The number of amides is 1. The first kappa shape index (κ1) is 24.2. The molecule has 2 N–H and O–H groups in total. The van der Waals surface area contributed by atoms with E-state index in [4.69, 9.17) is 4.74 Å². The van der Waals surface area contributed by atoms with E-state index >= 15 is 0 Å². The number of ether oxygens (including phenoxy) is 1. The molecule has 0 fully saturated rings. The van der Waals surface area contributed by atoms with E-state index in [1.54, 1.807) is 36.0 Å². The van der Waals surface area contributed by atoms with Crippen LogP contribution in [0.1, 0.15) is 31.4 Å². The van der Waals surface area contributed by atoms with Gasteiger partial charge >= 0.3 is 0 Å². The lowest BCUT2D eigenvalue weighted by Gasteiger charge is -2.19. The van der Waals surface area contributed by atoms with E-state index < -0.39 is 16.1 Å². The van der Waals surface area contributed by atoms with E-state index in [1.165, 1.54) is 0 Å². The maximum absolute atomic E-state index is 12.8. The van der Waals surface area contributed by atoms with Crippen molar-refractivity contribution in [3.05, 3.63) is 59.7 Å². The SMILES string of the molecule is CSCCC(NS(=O)(=O)c1ccc(C)cc1)C(=O)NCc1ccccc1OC(C)C. The molecule has 0 aromatic heterocycles. The van der Waals surface area contributed by atoms with E-state index in [0.717, 1.165) is 11.1 Å². The first-order valence-corrected chi connectivity index (χ1v) is 12.7. The van der Waals surface area contributed by atoms with E-state index in [9.17, 15) is 13.2 Å². The summed E-state index contributed by atoms with van der Waals surface area (Å²) in [6, 6.07) is 13.2. The van der Waals surface area contributed by atoms with Crippen LogP contribution in [0.15, 0.2) is 53.4 Å². The normalized spacial score (nSPS) is 12.6. The van der Waals surface area contributed by atoms with Crippen LogP contribution in [0.4, 0.5) is 0 Å². The van der Waals surface area contributed by atoms with Gasteiger partial charge in [-0.2, -0.15) is 16.5 Å². The van der Waals surface area contributed by atoms with Gasteiger partial charge in [-0.3, -0.25) is 4.79 Å². The molecule has 2 aromatic carbocycles. The Kier molecular flexibility index (Phi) is 9.20. The summed E-state index contributed by atoms with van der Waals surface area (Å²) in [6.07, 6.45) is 2.32. The van der Waals surface area contributed by atoms with E-state index in [0.29, 0.717) is 17.9 Å². The van der Waals surface area contributed by atoms with Gasteiger partial charge in [0, 0.05) is 12.1 Å². The Morgan fingerprint density at radius 2 is 1.77 bits per heavy atom. The first-order valence-electron chi connectivity index (χ1n) is 9.83. The van der Waals surface area contributed by atoms with Gasteiger partial charge in [0.05, 0.1) is 11.0 Å². The minimum atomic E-state index is -3.80. The standard InChI is InChI=1S/C22H30N2O4S2/c1-16(2)28-21-8-6-5-7-18(21)15-23-22(25)20(13-14-29-4)24-30(26,27)19-11-9-17(3)10-12-19/h5-12,16,20,24H,13-15H2,1-4H3,(H,23,25). The zero-order valence-corrected chi connectivity index (χ0v) is 19.5. The van der Waals surface area contributed by atoms with Gasteiger partial charge in [0.2, 0.25) is 15.9 Å². The van der Waals surface area contributed by atoms with Crippen LogP contribution in [-0.2, 0) is 21.4 Å². The zero-order valence-electron chi connectivity index (χ0n) is 17.8. The number of aryl methyl sites for hydroxylation is 1. The number of carbonyl (C=O) groups is 1. The fourth-order valence-corrected chi connectivity index (χ4v) is 4.48. The number of hydrogen-bond donors (Lipinski definition) is 2. The highest BCUT2D eigenvalue weighted by Crippen LogP contribution is 2.19. The van der Waals surface area contributed by atoms with Crippen LogP contribution >= 0.6 is 11.8 Å². The number of thioether (sulfide) groups is 1. The molecule has 0 radical (unpaired) electrons. The van der Waals surface area contributed by atoms with Crippen molar-refractivity contribution in [1.82, 2.24) is 10.0 Å². The molecule has 1 amide bonds. The third-order valence-corrected chi connectivity index (χ3v) is 6.48. The second-order valence-electron chi connectivity index (χ2n) is 7.26. The molecule has 30 heavy (non-hydrogen) atoms. The van der Waals surface area contributed by atoms with Crippen molar-refractivity contribution in [3.8, 4) is 5.75 Å².